The SMILES string of the molecule is COC1CN(C(=O)c2cc(Br)ccc2I)CC1OC. The van der Waals surface area contributed by atoms with Crippen molar-refractivity contribution in [2.45, 2.75) is 12.2 Å². The highest BCUT2D eigenvalue weighted by atomic mass is 127. The monoisotopic (exact) mass is 439 g/mol. The second-order valence-corrected chi connectivity index (χ2v) is 6.46. The fourth-order valence-electron chi connectivity index (χ4n) is 2.19. The van der Waals surface area contributed by atoms with Gasteiger partial charge >= 0.3 is 0 Å². The van der Waals surface area contributed by atoms with Crippen molar-refractivity contribution < 1.29 is 14.3 Å². The van der Waals surface area contributed by atoms with E-state index < -0.39 is 0 Å². The maximum absolute atomic E-state index is 12.5. The minimum Gasteiger partial charge on any atom is -0.377 e. The van der Waals surface area contributed by atoms with Crippen LogP contribution >= 0.6 is 38.5 Å². The molecule has 104 valence electrons. The molecule has 1 fully saturated rings. The van der Waals surface area contributed by atoms with E-state index in [0.29, 0.717) is 18.7 Å². The second-order valence-electron chi connectivity index (χ2n) is 4.38. The van der Waals surface area contributed by atoms with Crippen LogP contribution in [-0.2, 0) is 9.47 Å². The van der Waals surface area contributed by atoms with Crippen molar-refractivity contribution in [1.82, 2.24) is 4.90 Å². The third-order valence-electron chi connectivity index (χ3n) is 3.27. The van der Waals surface area contributed by atoms with Crippen LogP contribution in [0.4, 0.5) is 0 Å². The third kappa shape index (κ3) is 3.29. The van der Waals surface area contributed by atoms with Crippen LogP contribution < -0.4 is 0 Å². The second kappa shape index (κ2) is 6.51. The molecule has 0 aliphatic carbocycles. The lowest BCUT2D eigenvalue weighted by molar-refractivity contribution is -0.00461. The smallest absolute Gasteiger partial charge is 0.255 e. The first-order chi connectivity index (χ1) is 9.06. The zero-order valence-electron chi connectivity index (χ0n) is 10.7. The zero-order chi connectivity index (χ0) is 14.0. The Morgan fingerprint density at radius 1 is 1.32 bits per heavy atom. The molecule has 1 amide bonds. The number of nitrogens with zero attached hydrogens (tertiary/aromatic N) is 1. The standard InChI is InChI=1S/C13H15BrINO3/c1-18-11-6-16(7-12(11)19-2)13(17)9-5-8(14)3-4-10(9)15/h3-5,11-12H,6-7H2,1-2H3. The molecule has 2 unspecified atom stereocenters. The number of carbonyl (C=O) groups is 1. The van der Waals surface area contributed by atoms with Gasteiger partial charge < -0.3 is 14.4 Å². The fraction of sp³-hybridized carbons (Fsp3) is 0.462. The molecule has 19 heavy (non-hydrogen) atoms. The minimum absolute atomic E-state index is 0.0206. The van der Waals surface area contributed by atoms with Crippen LogP contribution in [0, 0.1) is 3.57 Å². The van der Waals surface area contributed by atoms with Gasteiger partial charge in [0, 0.05) is 35.4 Å². The van der Waals surface area contributed by atoms with Gasteiger partial charge in [0.2, 0.25) is 0 Å². The van der Waals surface area contributed by atoms with Gasteiger partial charge in [-0.2, -0.15) is 0 Å². The van der Waals surface area contributed by atoms with E-state index in [4.69, 9.17) is 9.47 Å². The first-order valence-corrected chi connectivity index (χ1v) is 7.74. The molecule has 4 nitrogen and oxygen atoms in total. The number of hydrogen-bond acceptors (Lipinski definition) is 3. The summed E-state index contributed by atoms with van der Waals surface area (Å²) in [6.45, 7) is 1.13. The Labute approximate surface area is 134 Å². The van der Waals surface area contributed by atoms with Crippen molar-refractivity contribution in [1.29, 1.82) is 0 Å². The average molecular weight is 440 g/mol. The summed E-state index contributed by atoms with van der Waals surface area (Å²) in [5.41, 5.74) is 0.710. The highest BCUT2D eigenvalue weighted by molar-refractivity contribution is 14.1. The molecule has 1 aliphatic heterocycles. The number of ether oxygens (including phenoxy) is 2. The fourth-order valence-corrected chi connectivity index (χ4v) is 3.12. The van der Waals surface area contributed by atoms with Gasteiger partial charge in [0.15, 0.2) is 0 Å². The van der Waals surface area contributed by atoms with Crippen LogP contribution in [0.15, 0.2) is 22.7 Å². The Kier molecular flexibility index (Phi) is 5.22. The van der Waals surface area contributed by atoms with Crippen molar-refractivity contribution >= 4 is 44.4 Å². The van der Waals surface area contributed by atoms with Crippen molar-refractivity contribution in [2.24, 2.45) is 0 Å². The van der Waals surface area contributed by atoms with Crippen LogP contribution in [-0.4, -0.2) is 50.3 Å². The topological polar surface area (TPSA) is 38.8 Å². The summed E-state index contributed by atoms with van der Waals surface area (Å²) in [6, 6.07) is 5.71. The molecule has 0 N–H and O–H groups in total. The summed E-state index contributed by atoms with van der Waals surface area (Å²) < 4.78 is 12.6. The normalized spacial score (nSPS) is 22.8. The van der Waals surface area contributed by atoms with Crippen molar-refractivity contribution in [3.8, 4) is 0 Å². The predicted molar refractivity (Wildman–Crippen MR) is 84.4 cm³/mol. The molecule has 1 heterocycles. The van der Waals surface area contributed by atoms with E-state index in [2.05, 4.69) is 38.5 Å². The summed E-state index contributed by atoms with van der Waals surface area (Å²) in [5.74, 6) is 0.0206. The van der Waals surface area contributed by atoms with Crippen LogP contribution in [0.2, 0.25) is 0 Å². The quantitative estimate of drug-likeness (QED) is 0.679. The van der Waals surface area contributed by atoms with Gasteiger partial charge in [-0.1, -0.05) is 15.9 Å². The van der Waals surface area contributed by atoms with Gasteiger partial charge in [-0.15, -0.1) is 0 Å². The Balaban J connectivity index is 2.19. The molecule has 6 heteroatoms. The summed E-state index contributed by atoms with van der Waals surface area (Å²) in [4.78, 5) is 14.3. The van der Waals surface area contributed by atoms with Crippen LogP contribution in [0.1, 0.15) is 10.4 Å². The summed E-state index contributed by atoms with van der Waals surface area (Å²) in [5, 5.41) is 0. The van der Waals surface area contributed by atoms with Gasteiger partial charge in [0.05, 0.1) is 5.56 Å². The molecule has 1 aromatic rings. The molecular weight excluding hydrogens is 425 g/mol. The van der Waals surface area contributed by atoms with Crippen molar-refractivity contribution in [3.05, 3.63) is 31.8 Å². The third-order valence-corrected chi connectivity index (χ3v) is 4.70. The molecule has 0 aromatic heterocycles. The maximum atomic E-state index is 12.5. The number of carbonyl (C=O) groups excluding carboxylic acids is 1. The molecule has 0 spiro atoms. The molecule has 0 saturated carbocycles. The molecule has 0 radical (unpaired) electrons. The highest BCUT2D eigenvalue weighted by Crippen LogP contribution is 2.23. The van der Waals surface area contributed by atoms with Gasteiger partial charge in [-0.25, -0.2) is 0 Å². The Morgan fingerprint density at radius 2 is 1.89 bits per heavy atom. The Morgan fingerprint density at radius 3 is 2.42 bits per heavy atom. The lowest BCUT2D eigenvalue weighted by atomic mass is 10.2. The Bertz CT molecular complexity index is 471. The number of benzene rings is 1. The summed E-state index contributed by atoms with van der Waals surface area (Å²) in [6.07, 6.45) is -0.113. The molecule has 0 bridgehead atoms. The summed E-state index contributed by atoms with van der Waals surface area (Å²) in [7, 11) is 3.29. The van der Waals surface area contributed by atoms with Gasteiger partial charge in [-0.3, -0.25) is 4.79 Å². The number of methoxy groups -OCH3 is 2. The van der Waals surface area contributed by atoms with E-state index >= 15 is 0 Å². The number of amides is 1. The molecule has 1 aliphatic rings. The molecule has 2 rings (SSSR count). The maximum Gasteiger partial charge on any atom is 0.255 e. The van der Waals surface area contributed by atoms with E-state index in [-0.39, 0.29) is 18.1 Å². The van der Waals surface area contributed by atoms with E-state index in [1.54, 1.807) is 19.1 Å². The van der Waals surface area contributed by atoms with Gasteiger partial charge in [-0.05, 0) is 40.8 Å². The summed E-state index contributed by atoms with van der Waals surface area (Å²) >= 11 is 5.58. The largest absolute Gasteiger partial charge is 0.377 e. The zero-order valence-corrected chi connectivity index (χ0v) is 14.5. The van der Waals surface area contributed by atoms with Crippen LogP contribution in [0.5, 0.6) is 0 Å². The van der Waals surface area contributed by atoms with Gasteiger partial charge in [0.25, 0.3) is 5.91 Å². The van der Waals surface area contributed by atoms with E-state index in [0.717, 1.165) is 8.04 Å². The lowest BCUT2D eigenvalue weighted by Gasteiger charge is -2.17. The minimum atomic E-state index is -0.0567. The number of rotatable bonds is 3. The van der Waals surface area contributed by atoms with E-state index in [1.165, 1.54) is 0 Å². The predicted octanol–water partition coefficient (Wildman–Crippen LogP) is 2.54. The van der Waals surface area contributed by atoms with Crippen LogP contribution in [0.25, 0.3) is 0 Å². The lowest BCUT2D eigenvalue weighted by Crippen LogP contribution is -2.30. The van der Waals surface area contributed by atoms with E-state index in [1.807, 2.05) is 18.2 Å². The molecule has 2 atom stereocenters. The van der Waals surface area contributed by atoms with Gasteiger partial charge in [0.1, 0.15) is 12.2 Å². The van der Waals surface area contributed by atoms with Crippen LogP contribution in [0.3, 0.4) is 0 Å². The average Bonchev–Trinajstić information content (AvgIpc) is 2.84. The van der Waals surface area contributed by atoms with Crippen molar-refractivity contribution in [2.75, 3.05) is 27.3 Å². The number of hydrogen-bond donors (Lipinski definition) is 0. The number of likely N-dealkylation sites (tertiary alicyclic amines) is 1. The van der Waals surface area contributed by atoms with E-state index in [9.17, 15) is 4.79 Å². The highest BCUT2D eigenvalue weighted by Gasteiger charge is 2.36. The van der Waals surface area contributed by atoms with Crippen molar-refractivity contribution in [3.63, 3.8) is 0 Å². The first kappa shape index (κ1) is 15.2. The number of halogens is 2. The molecule has 1 aromatic carbocycles. The Hall–Kier alpha value is -0.180. The first-order valence-electron chi connectivity index (χ1n) is 5.86. The molecule has 1 saturated heterocycles. The molecular formula is C13H15BrINO3.